The first-order valence-corrected chi connectivity index (χ1v) is 11.1. The number of furan rings is 1. The number of hydrogen-bond donors (Lipinski definition) is 0. The zero-order valence-electron chi connectivity index (χ0n) is 16.9. The fraction of sp³-hybridized carbons (Fsp3) is 0.773. The van der Waals surface area contributed by atoms with Crippen LogP contribution in [-0.2, 0) is 0 Å². The third-order valence-corrected chi connectivity index (χ3v) is 6.85. The zero-order valence-corrected chi connectivity index (χ0v) is 16.9. The standard InChI is InChI=1S/C22H35N3O2/c1-18(23-12-5-2-6-13-23)20-10-11-21(27-20)22(26)25-15-7-14-24(16-17-25)19-8-3-4-9-19/h10-11,18-19H,2-9,12-17H2,1H3/t18-/m1/s1. The Hall–Kier alpha value is -1.33. The molecule has 1 aromatic rings. The van der Waals surface area contributed by atoms with E-state index in [0.717, 1.165) is 57.5 Å². The van der Waals surface area contributed by atoms with E-state index < -0.39 is 0 Å². The van der Waals surface area contributed by atoms with E-state index in [9.17, 15) is 4.79 Å². The van der Waals surface area contributed by atoms with Crippen molar-refractivity contribution in [1.82, 2.24) is 14.7 Å². The second-order valence-corrected chi connectivity index (χ2v) is 8.59. The van der Waals surface area contributed by atoms with Crippen molar-refractivity contribution in [3.05, 3.63) is 23.7 Å². The molecule has 0 aromatic carbocycles. The second kappa shape index (κ2) is 8.78. The number of nitrogens with zero attached hydrogens (tertiary/aromatic N) is 3. The Bertz CT molecular complexity index is 617. The third kappa shape index (κ3) is 4.40. The molecule has 2 aliphatic heterocycles. The summed E-state index contributed by atoms with van der Waals surface area (Å²) in [6.07, 6.45) is 10.3. The van der Waals surface area contributed by atoms with Crippen molar-refractivity contribution in [3.8, 4) is 0 Å². The molecule has 0 radical (unpaired) electrons. The van der Waals surface area contributed by atoms with Crippen molar-refractivity contribution in [3.63, 3.8) is 0 Å². The molecule has 1 atom stereocenters. The normalized spacial score (nSPS) is 24.9. The molecule has 0 spiro atoms. The minimum atomic E-state index is 0.0698. The molecule has 5 nitrogen and oxygen atoms in total. The first-order valence-electron chi connectivity index (χ1n) is 11.1. The molecule has 1 aromatic heterocycles. The van der Waals surface area contributed by atoms with Gasteiger partial charge in [-0.3, -0.25) is 14.6 Å². The number of carbonyl (C=O) groups is 1. The Morgan fingerprint density at radius 3 is 2.48 bits per heavy atom. The van der Waals surface area contributed by atoms with Gasteiger partial charge in [0.1, 0.15) is 5.76 Å². The van der Waals surface area contributed by atoms with Gasteiger partial charge in [-0.15, -0.1) is 0 Å². The minimum Gasteiger partial charge on any atom is -0.454 e. The lowest BCUT2D eigenvalue weighted by Gasteiger charge is -2.31. The summed E-state index contributed by atoms with van der Waals surface area (Å²) in [5, 5.41) is 0. The van der Waals surface area contributed by atoms with Crippen LogP contribution in [0.25, 0.3) is 0 Å². The van der Waals surface area contributed by atoms with E-state index in [1.165, 1.54) is 44.9 Å². The fourth-order valence-electron chi connectivity index (χ4n) is 5.11. The van der Waals surface area contributed by atoms with Gasteiger partial charge in [0, 0.05) is 32.2 Å². The summed E-state index contributed by atoms with van der Waals surface area (Å²) in [5.74, 6) is 1.52. The van der Waals surface area contributed by atoms with Crippen molar-refractivity contribution < 1.29 is 9.21 Å². The maximum absolute atomic E-state index is 13.0. The minimum absolute atomic E-state index is 0.0698. The summed E-state index contributed by atoms with van der Waals surface area (Å²) in [7, 11) is 0. The van der Waals surface area contributed by atoms with Gasteiger partial charge in [-0.2, -0.15) is 0 Å². The predicted octanol–water partition coefficient (Wildman–Crippen LogP) is 3.92. The van der Waals surface area contributed by atoms with E-state index in [1.807, 2.05) is 17.0 Å². The molecule has 1 saturated carbocycles. The van der Waals surface area contributed by atoms with Gasteiger partial charge in [0.2, 0.25) is 0 Å². The molecule has 3 fully saturated rings. The van der Waals surface area contributed by atoms with E-state index in [4.69, 9.17) is 4.42 Å². The maximum atomic E-state index is 13.0. The molecule has 150 valence electrons. The summed E-state index contributed by atoms with van der Waals surface area (Å²) in [5.41, 5.74) is 0. The van der Waals surface area contributed by atoms with Crippen molar-refractivity contribution in [2.75, 3.05) is 39.3 Å². The number of piperidine rings is 1. The molecule has 3 heterocycles. The third-order valence-electron chi connectivity index (χ3n) is 6.85. The van der Waals surface area contributed by atoms with Gasteiger partial charge < -0.3 is 9.32 Å². The smallest absolute Gasteiger partial charge is 0.289 e. The van der Waals surface area contributed by atoms with Crippen molar-refractivity contribution >= 4 is 5.91 Å². The van der Waals surface area contributed by atoms with Gasteiger partial charge in [0.25, 0.3) is 5.91 Å². The van der Waals surface area contributed by atoms with Gasteiger partial charge in [-0.1, -0.05) is 19.3 Å². The lowest BCUT2D eigenvalue weighted by molar-refractivity contribution is 0.0718. The van der Waals surface area contributed by atoms with E-state index in [1.54, 1.807) is 0 Å². The quantitative estimate of drug-likeness (QED) is 0.802. The van der Waals surface area contributed by atoms with E-state index >= 15 is 0 Å². The molecule has 2 saturated heterocycles. The Balaban J connectivity index is 1.35. The molecule has 0 N–H and O–H groups in total. The molecule has 27 heavy (non-hydrogen) atoms. The molecule has 1 aliphatic carbocycles. The summed E-state index contributed by atoms with van der Waals surface area (Å²) >= 11 is 0. The van der Waals surface area contributed by atoms with Crippen LogP contribution in [0.4, 0.5) is 0 Å². The molecule has 3 aliphatic rings. The first-order chi connectivity index (χ1) is 13.2. The summed E-state index contributed by atoms with van der Waals surface area (Å²) in [6.45, 7) is 8.27. The summed E-state index contributed by atoms with van der Waals surface area (Å²) < 4.78 is 6.03. The van der Waals surface area contributed by atoms with Crippen LogP contribution in [0.1, 0.15) is 80.6 Å². The summed E-state index contributed by atoms with van der Waals surface area (Å²) in [6, 6.07) is 4.90. The average molecular weight is 374 g/mol. The highest BCUT2D eigenvalue weighted by Gasteiger charge is 2.28. The predicted molar refractivity (Wildman–Crippen MR) is 107 cm³/mol. The van der Waals surface area contributed by atoms with E-state index in [0.29, 0.717) is 5.76 Å². The molecule has 5 heteroatoms. The van der Waals surface area contributed by atoms with Crippen LogP contribution >= 0.6 is 0 Å². The molecular weight excluding hydrogens is 338 g/mol. The summed E-state index contributed by atoms with van der Waals surface area (Å²) in [4.78, 5) is 20.1. The number of rotatable bonds is 4. The second-order valence-electron chi connectivity index (χ2n) is 8.59. The lowest BCUT2D eigenvalue weighted by atomic mass is 10.1. The zero-order chi connectivity index (χ0) is 18.6. The number of likely N-dealkylation sites (tertiary alicyclic amines) is 1. The van der Waals surface area contributed by atoms with Crippen LogP contribution in [0, 0.1) is 0 Å². The monoisotopic (exact) mass is 373 g/mol. The van der Waals surface area contributed by atoms with E-state index in [2.05, 4.69) is 16.7 Å². The highest BCUT2D eigenvalue weighted by molar-refractivity contribution is 5.91. The largest absolute Gasteiger partial charge is 0.454 e. The maximum Gasteiger partial charge on any atom is 0.289 e. The van der Waals surface area contributed by atoms with Gasteiger partial charge in [0.05, 0.1) is 6.04 Å². The van der Waals surface area contributed by atoms with Crippen LogP contribution < -0.4 is 0 Å². The molecule has 0 bridgehead atoms. The van der Waals surface area contributed by atoms with Gasteiger partial charge in [-0.25, -0.2) is 0 Å². The molecule has 4 rings (SSSR count). The number of carbonyl (C=O) groups excluding carboxylic acids is 1. The van der Waals surface area contributed by atoms with Crippen molar-refractivity contribution in [2.45, 2.75) is 70.4 Å². The molecular formula is C22H35N3O2. The highest BCUT2D eigenvalue weighted by Crippen LogP contribution is 2.27. The van der Waals surface area contributed by atoms with Gasteiger partial charge in [0.15, 0.2) is 5.76 Å². The SMILES string of the molecule is C[C@H](c1ccc(C(=O)N2CCCN(C3CCCC3)CC2)o1)N1CCCCC1. The first kappa shape index (κ1) is 19.0. The fourth-order valence-corrected chi connectivity index (χ4v) is 5.11. The van der Waals surface area contributed by atoms with Crippen LogP contribution in [0.2, 0.25) is 0 Å². The van der Waals surface area contributed by atoms with Crippen LogP contribution in [0.3, 0.4) is 0 Å². The highest BCUT2D eigenvalue weighted by atomic mass is 16.4. The van der Waals surface area contributed by atoms with Crippen molar-refractivity contribution in [1.29, 1.82) is 0 Å². The number of amides is 1. The lowest BCUT2D eigenvalue weighted by Crippen LogP contribution is -2.38. The number of hydrogen-bond acceptors (Lipinski definition) is 4. The Morgan fingerprint density at radius 1 is 0.926 bits per heavy atom. The van der Waals surface area contributed by atoms with Crippen molar-refractivity contribution in [2.24, 2.45) is 0 Å². The molecule has 0 unspecified atom stereocenters. The van der Waals surface area contributed by atoms with Crippen LogP contribution in [-0.4, -0.2) is 65.9 Å². The topological polar surface area (TPSA) is 39.9 Å². The Morgan fingerprint density at radius 2 is 1.70 bits per heavy atom. The average Bonchev–Trinajstić information content (AvgIpc) is 3.36. The van der Waals surface area contributed by atoms with Crippen LogP contribution in [0.5, 0.6) is 0 Å². The molecule has 1 amide bonds. The Labute approximate surface area is 163 Å². The van der Waals surface area contributed by atoms with Gasteiger partial charge >= 0.3 is 0 Å². The van der Waals surface area contributed by atoms with Crippen LogP contribution in [0.15, 0.2) is 16.5 Å². The Kier molecular flexibility index (Phi) is 6.18. The van der Waals surface area contributed by atoms with E-state index in [-0.39, 0.29) is 11.9 Å². The van der Waals surface area contributed by atoms with Gasteiger partial charge in [-0.05, 0) is 64.3 Å².